The molecule has 0 aromatic rings. The maximum absolute atomic E-state index is 11.3. The Morgan fingerprint density at radius 2 is 2.00 bits per heavy atom. The van der Waals surface area contributed by atoms with E-state index >= 15 is 0 Å². The van der Waals surface area contributed by atoms with Gasteiger partial charge in [-0.15, -0.1) is 0 Å². The van der Waals surface area contributed by atoms with E-state index in [1.807, 2.05) is 0 Å². The number of rotatable bonds is 5. The molecular formula is C11H18N2O5. The highest BCUT2D eigenvalue weighted by Crippen LogP contribution is 2.31. The van der Waals surface area contributed by atoms with E-state index in [9.17, 15) is 14.4 Å². The molecule has 1 fully saturated rings. The number of esters is 1. The fourth-order valence-corrected chi connectivity index (χ4v) is 2.12. The molecule has 7 nitrogen and oxygen atoms in total. The lowest BCUT2D eigenvalue weighted by Crippen LogP contribution is -2.41. The maximum Gasteiger partial charge on any atom is 0.325 e. The Bertz CT molecular complexity index is 331. The predicted molar refractivity (Wildman–Crippen MR) is 61.9 cm³/mol. The zero-order valence-corrected chi connectivity index (χ0v) is 10.3. The molecule has 3 N–H and O–H groups in total. The summed E-state index contributed by atoms with van der Waals surface area (Å²) in [5.74, 6) is -1.76. The van der Waals surface area contributed by atoms with E-state index in [1.54, 1.807) is 0 Å². The van der Waals surface area contributed by atoms with Crippen LogP contribution in [0.3, 0.4) is 0 Å². The second-order valence-corrected chi connectivity index (χ2v) is 4.28. The molecule has 0 aliphatic heterocycles. The van der Waals surface area contributed by atoms with Gasteiger partial charge in [0.2, 0.25) is 0 Å². The molecule has 0 saturated heterocycles. The van der Waals surface area contributed by atoms with Gasteiger partial charge in [-0.05, 0) is 18.8 Å². The lowest BCUT2D eigenvalue weighted by molar-refractivity contribution is -0.143. The summed E-state index contributed by atoms with van der Waals surface area (Å²) < 4.78 is 4.37. The Hall–Kier alpha value is -1.79. The van der Waals surface area contributed by atoms with E-state index in [0.717, 1.165) is 12.8 Å². The highest BCUT2D eigenvalue weighted by Gasteiger charge is 2.32. The van der Waals surface area contributed by atoms with E-state index in [-0.39, 0.29) is 18.4 Å². The van der Waals surface area contributed by atoms with Gasteiger partial charge in [0.05, 0.1) is 13.0 Å². The molecule has 0 aromatic heterocycles. The number of carboxylic acid groups (broad SMARTS) is 1. The summed E-state index contributed by atoms with van der Waals surface area (Å²) in [6.07, 6.45) is 2.33. The summed E-state index contributed by atoms with van der Waals surface area (Å²) in [7, 11) is 1.23. The first-order valence-electron chi connectivity index (χ1n) is 5.86. The average Bonchev–Trinajstić information content (AvgIpc) is 2.81. The number of carbonyl (C=O) groups excluding carboxylic acids is 2. The third-order valence-corrected chi connectivity index (χ3v) is 3.12. The van der Waals surface area contributed by atoms with Crippen LogP contribution in [-0.4, -0.2) is 43.3 Å². The topological polar surface area (TPSA) is 105 Å². The molecule has 1 saturated carbocycles. The van der Waals surface area contributed by atoms with Gasteiger partial charge in [0.25, 0.3) is 0 Å². The van der Waals surface area contributed by atoms with Crippen molar-refractivity contribution in [1.82, 2.24) is 10.6 Å². The van der Waals surface area contributed by atoms with E-state index < -0.39 is 18.0 Å². The molecule has 1 rings (SSSR count). The minimum absolute atomic E-state index is 0.0358. The maximum atomic E-state index is 11.3. The van der Waals surface area contributed by atoms with Gasteiger partial charge < -0.3 is 20.5 Å². The van der Waals surface area contributed by atoms with Crippen LogP contribution in [0.25, 0.3) is 0 Å². The van der Waals surface area contributed by atoms with Gasteiger partial charge in [-0.3, -0.25) is 9.59 Å². The van der Waals surface area contributed by atoms with Crippen LogP contribution in [-0.2, 0) is 14.3 Å². The van der Waals surface area contributed by atoms with Crippen molar-refractivity contribution in [3.63, 3.8) is 0 Å². The van der Waals surface area contributed by atoms with E-state index in [0.29, 0.717) is 13.0 Å². The number of hydrogen-bond acceptors (Lipinski definition) is 4. The van der Waals surface area contributed by atoms with Crippen molar-refractivity contribution >= 4 is 18.0 Å². The number of urea groups is 1. The zero-order chi connectivity index (χ0) is 13.5. The number of nitrogens with one attached hydrogen (secondary N) is 2. The van der Waals surface area contributed by atoms with Crippen LogP contribution in [0.15, 0.2) is 0 Å². The van der Waals surface area contributed by atoms with Crippen LogP contribution in [0.2, 0.25) is 0 Å². The lowest BCUT2D eigenvalue weighted by Gasteiger charge is -2.16. The smallest absolute Gasteiger partial charge is 0.325 e. The third-order valence-electron chi connectivity index (χ3n) is 3.12. The quantitative estimate of drug-likeness (QED) is 0.600. The van der Waals surface area contributed by atoms with Crippen LogP contribution in [0.1, 0.15) is 19.3 Å². The molecule has 18 heavy (non-hydrogen) atoms. The van der Waals surface area contributed by atoms with Crippen molar-refractivity contribution < 1.29 is 24.2 Å². The normalized spacial score (nSPS) is 22.3. The van der Waals surface area contributed by atoms with Crippen molar-refractivity contribution in [2.24, 2.45) is 11.8 Å². The van der Waals surface area contributed by atoms with Gasteiger partial charge in [-0.25, -0.2) is 4.79 Å². The molecule has 1 aliphatic carbocycles. The Morgan fingerprint density at radius 3 is 2.61 bits per heavy atom. The van der Waals surface area contributed by atoms with Crippen LogP contribution in [0.5, 0.6) is 0 Å². The van der Waals surface area contributed by atoms with Gasteiger partial charge in [0.1, 0.15) is 6.54 Å². The van der Waals surface area contributed by atoms with Crippen molar-refractivity contribution in [2.45, 2.75) is 19.3 Å². The molecule has 1 aliphatic rings. The number of aliphatic carboxylic acids is 1. The lowest BCUT2D eigenvalue weighted by atomic mass is 9.96. The summed E-state index contributed by atoms with van der Waals surface area (Å²) in [5.41, 5.74) is 0. The van der Waals surface area contributed by atoms with Crippen molar-refractivity contribution in [3.8, 4) is 0 Å². The van der Waals surface area contributed by atoms with Crippen molar-refractivity contribution in [3.05, 3.63) is 0 Å². The molecule has 2 atom stereocenters. The highest BCUT2D eigenvalue weighted by atomic mass is 16.5. The minimum atomic E-state index is -0.811. The fourth-order valence-electron chi connectivity index (χ4n) is 2.12. The Morgan fingerprint density at radius 1 is 1.28 bits per heavy atom. The van der Waals surface area contributed by atoms with Crippen molar-refractivity contribution in [2.75, 3.05) is 20.2 Å². The van der Waals surface area contributed by atoms with E-state index in [1.165, 1.54) is 7.11 Å². The van der Waals surface area contributed by atoms with Crippen LogP contribution in [0.4, 0.5) is 4.79 Å². The second kappa shape index (κ2) is 6.83. The summed E-state index contributed by atoms with van der Waals surface area (Å²) in [4.78, 5) is 33.0. The molecule has 0 bridgehead atoms. The zero-order valence-electron chi connectivity index (χ0n) is 10.3. The standard InChI is InChI=1S/C11H18N2O5/c1-18-9(14)6-13-11(17)12-5-7-3-2-4-8(7)10(15)16/h7-8H,2-6H2,1H3,(H,15,16)(H2,12,13,17). The Balaban J connectivity index is 2.25. The number of ether oxygens (including phenoxy) is 1. The Labute approximate surface area is 105 Å². The van der Waals surface area contributed by atoms with Crippen LogP contribution < -0.4 is 10.6 Å². The average molecular weight is 258 g/mol. The molecule has 2 unspecified atom stereocenters. The molecule has 0 spiro atoms. The second-order valence-electron chi connectivity index (χ2n) is 4.28. The van der Waals surface area contributed by atoms with E-state index in [2.05, 4.69) is 15.4 Å². The first-order chi connectivity index (χ1) is 8.54. The van der Waals surface area contributed by atoms with Crippen LogP contribution in [0, 0.1) is 11.8 Å². The van der Waals surface area contributed by atoms with Gasteiger partial charge in [-0.2, -0.15) is 0 Å². The largest absolute Gasteiger partial charge is 0.481 e. The number of amides is 2. The summed E-state index contributed by atoms with van der Waals surface area (Å²) in [5, 5.41) is 13.9. The summed E-state index contributed by atoms with van der Waals surface area (Å²) >= 11 is 0. The molecule has 102 valence electrons. The fraction of sp³-hybridized carbons (Fsp3) is 0.727. The Kier molecular flexibility index (Phi) is 5.41. The monoisotopic (exact) mass is 258 g/mol. The van der Waals surface area contributed by atoms with Crippen molar-refractivity contribution in [1.29, 1.82) is 0 Å². The molecule has 0 aromatic carbocycles. The number of carboxylic acids is 1. The summed E-state index contributed by atoms with van der Waals surface area (Å²) in [6, 6.07) is -0.489. The molecule has 0 heterocycles. The molecule has 7 heteroatoms. The van der Waals surface area contributed by atoms with Gasteiger partial charge in [-0.1, -0.05) is 6.42 Å². The van der Waals surface area contributed by atoms with Gasteiger partial charge in [0.15, 0.2) is 0 Å². The molecular weight excluding hydrogens is 240 g/mol. The number of carbonyl (C=O) groups is 3. The van der Waals surface area contributed by atoms with Gasteiger partial charge >= 0.3 is 18.0 Å². The van der Waals surface area contributed by atoms with Gasteiger partial charge in [0, 0.05) is 6.54 Å². The highest BCUT2D eigenvalue weighted by molar-refractivity contribution is 5.80. The number of methoxy groups -OCH3 is 1. The predicted octanol–water partition coefficient (Wildman–Crippen LogP) is -0.0405. The molecule has 2 amide bonds. The number of hydrogen-bond donors (Lipinski definition) is 3. The first kappa shape index (κ1) is 14.3. The minimum Gasteiger partial charge on any atom is -0.481 e. The summed E-state index contributed by atoms with van der Waals surface area (Å²) in [6.45, 7) is 0.110. The first-order valence-corrected chi connectivity index (χ1v) is 5.86. The van der Waals surface area contributed by atoms with Crippen LogP contribution >= 0.6 is 0 Å². The molecule has 0 radical (unpaired) electrons. The third kappa shape index (κ3) is 4.23. The van der Waals surface area contributed by atoms with E-state index in [4.69, 9.17) is 5.11 Å². The SMILES string of the molecule is COC(=O)CNC(=O)NCC1CCCC1C(=O)O.